The summed E-state index contributed by atoms with van der Waals surface area (Å²) >= 11 is 0.888. The van der Waals surface area contributed by atoms with Crippen LogP contribution >= 0.6 is 11.3 Å². The molecule has 0 saturated carbocycles. The van der Waals surface area contributed by atoms with Gasteiger partial charge in [0.1, 0.15) is 5.52 Å². The first kappa shape index (κ1) is 16.2. The number of hydrogen-bond donors (Lipinski definition) is 0. The maximum Gasteiger partial charge on any atom is 0.438 e. The minimum atomic E-state index is -5.16. The first-order chi connectivity index (χ1) is 11.2. The molecule has 1 aromatic carbocycles. The number of ketones is 1. The summed E-state index contributed by atoms with van der Waals surface area (Å²) in [7, 11) is 0. The SMILES string of the molecule is Cc1ccc2c(c1)[n+](=O)c(C(=O)c1cccs1)c(C(F)(F)F)n2[O-]. The van der Waals surface area contributed by atoms with Crippen LogP contribution in [0.3, 0.4) is 0 Å². The van der Waals surface area contributed by atoms with E-state index < -0.39 is 33.6 Å². The van der Waals surface area contributed by atoms with Crippen LogP contribution < -0.4 is 4.43 Å². The quantitative estimate of drug-likeness (QED) is 0.522. The number of aromatic nitrogens is 2. The molecular formula is C15H9F3N2O3S. The lowest BCUT2D eigenvalue weighted by Gasteiger charge is -2.20. The molecule has 0 bridgehead atoms. The minimum absolute atomic E-state index is 0.0582. The van der Waals surface area contributed by atoms with Crippen molar-refractivity contribution in [3.8, 4) is 0 Å². The van der Waals surface area contributed by atoms with Gasteiger partial charge in [-0.3, -0.25) is 4.79 Å². The number of carbonyl (C=O) groups excluding carboxylic acids is 1. The second-order valence-electron chi connectivity index (χ2n) is 5.08. The Kier molecular flexibility index (Phi) is 3.67. The average molecular weight is 354 g/mol. The molecule has 0 fully saturated rings. The van der Waals surface area contributed by atoms with E-state index in [1.165, 1.54) is 29.6 Å². The Morgan fingerprint density at radius 2 is 2.00 bits per heavy atom. The lowest BCUT2D eigenvalue weighted by Crippen LogP contribution is -2.34. The highest BCUT2D eigenvalue weighted by molar-refractivity contribution is 7.12. The maximum absolute atomic E-state index is 13.4. The molecule has 0 N–H and O–H groups in total. The van der Waals surface area contributed by atoms with Crippen LogP contribution in [0.15, 0.2) is 35.7 Å². The van der Waals surface area contributed by atoms with Crippen LogP contribution in [0.2, 0.25) is 0 Å². The van der Waals surface area contributed by atoms with Gasteiger partial charge in [-0.25, -0.2) is 0 Å². The highest BCUT2D eigenvalue weighted by Crippen LogP contribution is 2.33. The number of nitrogens with zero attached hydrogens (tertiary/aromatic N) is 2. The molecule has 0 spiro atoms. The van der Waals surface area contributed by atoms with Crippen molar-refractivity contribution in [2.24, 2.45) is 0 Å². The van der Waals surface area contributed by atoms with E-state index in [-0.39, 0.29) is 14.8 Å². The Morgan fingerprint density at radius 3 is 2.58 bits per heavy atom. The molecule has 3 aromatic rings. The third kappa shape index (κ3) is 2.46. The van der Waals surface area contributed by atoms with Crippen LogP contribution in [-0.2, 0) is 6.18 Å². The van der Waals surface area contributed by atoms with Gasteiger partial charge < -0.3 is 9.94 Å². The monoisotopic (exact) mass is 354 g/mol. The van der Waals surface area contributed by atoms with Crippen molar-refractivity contribution in [3.05, 3.63) is 67.7 Å². The van der Waals surface area contributed by atoms with Gasteiger partial charge in [-0.2, -0.15) is 13.2 Å². The van der Waals surface area contributed by atoms with E-state index in [9.17, 15) is 28.1 Å². The van der Waals surface area contributed by atoms with Gasteiger partial charge >= 0.3 is 11.9 Å². The van der Waals surface area contributed by atoms with Crippen molar-refractivity contribution in [1.29, 1.82) is 0 Å². The van der Waals surface area contributed by atoms with E-state index in [4.69, 9.17) is 0 Å². The maximum atomic E-state index is 13.4. The number of alkyl halides is 3. The van der Waals surface area contributed by atoms with E-state index >= 15 is 0 Å². The zero-order valence-corrected chi connectivity index (χ0v) is 12.9. The van der Waals surface area contributed by atoms with Gasteiger partial charge in [0, 0.05) is 11.0 Å². The molecule has 24 heavy (non-hydrogen) atoms. The van der Waals surface area contributed by atoms with Crippen LogP contribution in [0.1, 0.15) is 26.6 Å². The van der Waals surface area contributed by atoms with Gasteiger partial charge in [0.15, 0.2) is 0 Å². The van der Waals surface area contributed by atoms with Gasteiger partial charge in [-0.1, -0.05) is 12.1 Å². The summed E-state index contributed by atoms with van der Waals surface area (Å²) in [5.74, 6) is -1.14. The normalized spacial score (nSPS) is 11.8. The molecule has 124 valence electrons. The fourth-order valence-corrected chi connectivity index (χ4v) is 3.04. The summed E-state index contributed by atoms with van der Waals surface area (Å²) in [6.45, 7) is 1.62. The van der Waals surface area contributed by atoms with Crippen molar-refractivity contribution in [2.75, 3.05) is 0 Å². The molecule has 0 radical (unpaired) electrons. The zero-order valence-electron chi connectivity index (χ0n) is 12.1. The molecular weight excluding hydrogens is 345 g/mol. The first-order valence-electron chi connectivity index (χ1n) is 6.66. The number of hydrogen-bond acceptors (Lipinski definition) is 4. The summed E-state index contributed by atoms with van der Waals surface area (Å²) in [6, 6.07) is 6.57. The highest BCUT2D eigenvalue weighted by atomic mass is 32.1. The fraction of sp³-hybridized carbons (Fsp3) is 0.133. The molecule has 3 rings (SSSR count). The molecule has 0 aliphatic carbocycles. The Hall–Kier alpha value is -2.68. The molecule has 0 aliphatic heterocycles. The Labute approximate surface area is 136 Å². The molecule has 9 heteroatoms. The molecule has 0 unspecified atom stereocenters. The molecule has 0 saturated heterocycles. The zero-order chi connectivity index (χ0) is 17.6. The number of aryl methyl sites for hydroxylation is 1. The van der Waals surface area contributed by atoms with E-state index in [1.807, 2.05) is 0 Å². The number of fused-ring (bicyclic) bond motifs is 1. The standard InChI is InChI=1S/C15H9F3N2O3S/c1-8-4-5-9-10(7-8)19(22)12(13(21)11-3-2-6-24-11)14(20(9)23)15(16,17)18/h2-7H,1H3. The van der Waals surface area contributed by atoms with Crippen molar-refractivity contribution in [3.63, 3.8) is 0 Å². The highest BCUT2D eigenvalue weighted by Gasteiger charge is 2.45. The predicted molar refractivity (Wildman–Crippen MR) is 81.6 cm³/mol. The van der Waals surface area contributed by atoms with E-state index in [1.54, 1.807) is 6.92 Å². The van der Waals surface area contributed by atoms with Gasteiger partial charge in [0.05, 0.1) is 9.30 Å². The molecule has 0 atom stereocenters. The van der Waals surface area contributed by atoms with Crippen molar-refractivity contribution in [1.82, 2.24) is 4.73 Å². The van der Waals surface area contributed by atoms with Gasteiger partial charge in [-0.15, -0.1) is 11.3 Å². The summed E-state index contributed by atoms with van der Waals surface area (Å²) in [6.07, 6.45) is -5.16. The van der Waals surface area contributed by atoms with E-state index in [0.29, 0.717) is 5.56 Å². The second-order valence-corrected chi connectivity index (χ2v) is 6.03. The van der Waals surface area contributed by atoms with E-state index in [0.717, 1.165) is 17.4 Å². The van der Waals surface area contributed by atoms with Crippen molar-refractivity contribution < 1.29 is 22.4 Å². The Balaban J connectivity index is 2.48. The molecule has 5 nitrogen and oxygen atoms in total. The van der Waals surface area contributed by atoms with Crippen LogP contribution in [-0.4, -0.2) is 10.5 Å². The average Bonchev–Trinajstić information content (AvgIpc) is 3.02. The number of rotatable bonds is 2. The fourth-order valence-electron chi connectivity index (χ4n) is 2.37. The van der Waals surface area contributed by atoms with Gasteiger partial charge in [-0.05, 0) is 30.0 Å². The Morgan fingerprint density at radius 1 is 1.29 bits per heavy atom. The summed E-state index contributed by atoms with van der Waals surface area (Å²) < 4.78 is 39.6. The number of carbonyl (C=O) groups is 1. The predicted octanol–water partition coefficient (Wildman–Crippen LogP) is 3.52. The van der Waals surface area contributed by atoms with Crippen LogP contribution in [0, 0.1) is 17.0 Å². The summed E-state index contributed by atoms with van der Waals surface area (Å²) in [5, 5.41) is 13.7. The topological polar surface area (TPSA) is 68.0 Å². The van der Waals surface area contributed by atoms with Gasteiger partial charge in [0.2, 0.25) is 5.69 Å². The van der Waals surface area contributed by atoms with Crippen molar-refractivity contribution >= 4 is 28.2 Å². The Bertz CT molecular complexity index is 1010. The third-order valence-corrected chi connectivity index (χ3v) is 4.30. The van der Waals surface area contributed by atoms with Crippen LogP contribution in [0.5, 0.6) is 0 Å². The van der Waals surface area contributed by atoms with E-state index in [2.05, 4.69) is 0 Å². The number of benzene rings is 1. The third-order valence-electron chi connectivity index (χ3n) is 3.43. The molecule has 2 heterocycles. The first-order valence-corrected chi connectivity index (χ1v) is 7.54. The van der Waals surface area contributed by atoms with Gasteiger partial charge in [0.25, 0.3) is 11.3 Å². The number of thiophene rings is 1. The largest absolute Gasteiger partial charge is 0.805 e. The molecule has 0 aliphatic rings. The number of halogens is 3. The van der Waals surface area contributed by atoms with Crippen molar-refractivity contribution in [2.45, 2.75) is 13.1 Å². The van der Waals surface area contributed by atoms with Crippen LogP contribution in [0.25, 0.3) is 11.0 Å². The summed E-state index contributed by atoms with van der Waals surface area (Å²) in [4.78, 5) is 24.8. The summed E-state index contributed by atoms with van der Waals surface area (Å²) in [5.41, 5.74) is -3.21. The lowest BCUT2D eigenvalue weighted by molar-refractivity contribution is -0.470. The molecule has 0 amide bonds. The minimum Gasteiger partial charge on any atom is -0.805 e. The smallest absolute Gasteiger partial charge is 0.438 e. The second kappa shape index (κ2) is 5.45. The molecule has 2 aromatic heterocycles. The van der Waals surface area contributed by atoms with Crippen LogP contribution in [0.4, 0.5) is 13.2 Å². The lowest BCUT2D eigenvalue weighted by atomic mass is 10.1.